The second-order valence-corrected chi connectivity index (χ2v) is 12.1. The average molecular weight is 546 g/mol. The number of anilines is 1. The lowest BCUT2D eigenvalue weighted by Crippen LogP contribution is -2.58. The SMILES string of the molecule is C=CCN(CCC)C(=O)[C@@H]1[C@@H]2CC(C)C3(S2)C(C(=O)N(CC=C)c2ccc(Cl)cc2)N(CCO)C(=O)[C@H]13. The molecular formula is C28H36ClN3O4S. The minimum atomic E-state index is -0.797. The molecule has 9 heteroatoms. The molecule has 6 atom stereocenters. The van der Waals surface area contributed by atoms with Crippen molar-refractivity contribution in [3.8, 4) is 0 Å². The Morgan fingerprint density at radius 1 is 1.22 bits per heavy atom. The van der Waals surface area contributed by atoms with Crippen LogP contribution in [0.3, 0.4) is 0 Å². The Balaban J connectivity index is 1.78. The number of nitrogens with zero attached hydrogens (tertiary/aromatic N) is 3. The van der Waals surface area contributed by atoms with Crippen LogP contribution in [0.5, 0.6) is 0 Å². The molecular weight excluding hydrogens is 510 g/mol. The van der Waals surface area contributed by atoms with E-state index in [9.17, 15) is 19.5 Å². The van der Waals surface area contributed by atoms with Crippen LogP contribution in [0.2, 0.25) is 5.02 Å². The van der Waals surface area contributed by atoms with Crippen LogP contribution >= 0.6 is 23.4 Å². The fraction of sp³-hybridized carbons (Fsp3) is 0.536. The highest BCUT2D eigenvalue weighted by molar-refractivity contribution is 8.02. The molecule has 200 valence electrons. The van der Waals surface area contributed by atoms with E-state index < -0.39 is 22.6 Å². The van der Waals surface area contributed by atoms with Crippen LogP contribution in [0, 0.1) is 17.8 Å². The topological polar surface area (TPSA) is 81.2 Å². The number of benzene rings is 1. The van der Waals surface area contributed by atoms with E-state index in [2.05, 4.69) is 20.1 Å². The summed E-state index contributed by atoms with van der Waals surface area (Å²) < 4.78 is -0.744. The maximum absolute atomic E-state index is 14.4. The van der Waals surface area contributed by atoms with Crippen molar-refractivity contribution < 1.29 is 19.5 Å². The summed E-state index contributed by atoms with van der Waals surface area (Å²) in [6, 6.07) is 6.20. The van der Waals surface area contributed by atoms with E-state index in [1.807, 2.05) is 6.92 Å². The Bertz CT molecular complexity index is 1070. The first-order chi connectivity index (χ1) is 17.8. The summed E-state index contributed by atoms with van der Waals surface area (Å²) >= 11 is 7.73. The number of halogens is 1. The van der Waals surface area contributed by atoms with Crippen LogP contribution in [0.25, 0.3) is 0 Å². The van der Waals surface area contributed by atoms with Gasteiger partial charge in [0.25, 0.3) is 5.91 Å². The van der Waals surface area contributed by atoms with Crippen molar-refractivity contribution in [1.82, 2.24) is 9.80 Å². The molecule has 3 fully saturated rings. The number of hydrogen-bond acceptors (Lipinski definition) is 5. The predicted molar refractivity (Wildman–Crippen MR) is 149 cm³/mol. The number of aliphatic hydroxyl groups is 1. The van der Waals surface area contributed by atoms with Crippen LogP contribution in [-0.2, 0) is 14.4 Å². The molecule has 3 amide bonds. The predicted octanol–water partition coefficient (Wildman–Crippen LogP) is 3.61. The normalized spacial score (nSPS) is 29.8. The molecule has 1 N–H and O–H groups in total. The minimum Gasteiger partial charge on any atom is -0.395 e. The molecule has 7 nitrogen and oxygen atoms in total. The van der Waals surface area contributed by atoms with Crippen LogP contribution < -0.4 is 4.90 Å². The zero-order valence-electron chi connectivity index (χ0n) is 21.5. The standard InChI is InChI=1S/C28H36ClN3O4S/c1-5-12-30(13-6-2)25(34)22-21-17-18(4)28(37-21)23(22)26(35)32(15-16-33)24(28)27(36)31(14-7-3)20-10-8-19(29)9-11-20/h5,7-11,18,21-24,33H,1,3,6,12-17H2,2,4H3/t18?,21-,22+,23-,24?,28?/m0/s1. The molecule has 4 rings (SSSR count). The van der Waals surface area contributed by atoms with E-state index in [1.165, 1.54) is 4.90 Å². The Hall–Kier alpha value is -2.29. The van der Waals surface area contributed by atoms with Gasteiger partial charge in [0.2, 0.25) is 11.8 Å². The molecule has 3 aliphatic rings. The van der Waals surface area contributed by atoms with Crippen LogP contribution in [0.4, 0.5) is 5.69 Å². The van der Waals surface area contributed by atoms with E-state index >= 15 is 0 Å². The number of fused-ring (bicyclic) bond motifs is 1. The lowest BCUT2D eigenvalue weighted by Gasteiger charge is -2.41. The van der Waals surface area contributed by atoms with Crippen LogP contribution in [0.15, 0.2) is 49.6 Å². The van der Waals surface area contributed by atoms with Crippen molar-refractivity contribution in [3.05, 3.63) is 54.6 Å². The van der Waals surface area contributed by atoms with E-state index in [-0.39, 0.29) is 48.6 Å². The molecule has 3 unspecified atom stereocenters. The van der Waals surface area contributed by atoms with Gasteiger partial charge in [-0.1, -0.05) is 37.6 Å². The van der Waals surface area contributed by atoms with Gasteiger partial charge in [-0.05, 0) is 43.0 Å². The van der Waals surface area contributed by atoms with E-state index in [4.69, 9.17) is 11.6 Å². The lowest BCUT2D eigenvalue weighted by molar-refractivity contribution is -0.144. The number of carbonyl (C=O) groups is 3. The van der Waals surface area contributed by atoms with E-state index in [0.29, 0.717) is 23.8 Å². The second-order valence-electron chi connectivity index (χ2n) is 10.1. The zero-order chi connectivity index (χ0) is 26.9. The Morgan fingerprint density at radius 3 is 2.49 bits per heavy atom. The highest BCUT2D eigenvalue weighted by Gasteiger charge is 2.76. The maximum atomic E-state index is 14.4. The highest BCUT2D eigenvalue weighted by Crippen LogP contribution is 2.68. The van der Waals surface area contributed by atoms with Crippen molar-refractivity contribution in [2.24, 2.45) is 17.8 Å². The Kier molecular flexibility index (Phi) is 8.41. The van der Waals surface area contributed by atoms with Crippen molar-refractivity contribution in [2.75, 3.05) is 37.7 Å². The third kappa shape index (κ3) is 4.51. The van der Waals surface area contributed by atoms with Crippen molar-refractivity contribution in [3.63, 3.8) is 0 Å². The first-order valence-electron chi connectivity index (χ1n) is 12.9. The van der Waals surface area contributed by atoms with E-state index in [1.54, 1.807) is 58.0 Å². The number of β-amino-alcohol motifs (C(OH)–C–C–N with tert-alkyl or cyclic N) is 1. The lowest BCUT2D eigenvalue weighted by atomic mass is 9.65. The number of hydrogen-bond donors (Lipinski definition) is 1. The van der Waals surface area contributed by atoms with Gasteiger partial charge in [0, 0.05) is 42.1 Å². The van der Waals surface area contributed by atoms with Crippen LogP contribution in [-0.4, -0.2) is 81.5 Å². The van der Waals surface area contributed by atoms with Crippen molar-refractivity contribution >= 4 is 46.8 Å². The maximum Gasteiger partial charge on any atom is 0.251 e. The van der Waals surface area contributed by atoms with E-state index in [0.717, 1.165) is 12.8 Å². The number of rotatable bonds is 11. The molecule has 0 aliphatic carbocycles. The molecule has 3 aliphatic heterocycles. The molecule has 37 heavy (non-hydrogen) atoms. The zero-order valence-corrected chi connectivity index (χ0v) is 23.1. The fourth-order valence-electron chi connectivity index (χ4n) is 6.58. The number of thioether (sulfide) groups is 1. The average Bonchev–Trinajstić information content (AvgIpc) is 3.46. The van der Waals surface area contributed by atoms with Crippen LogP contribution in [0.1, 0.15) is 26.7 Å². The summed E-state index contributed by atoms with van der Waals surface area (Å²) in [5.41, 5.74) is 0.656. The van der Waals surface area contributed by atoms with Gasteiger partial charge in [-0.15, -0.1) is 24.9 Å². The van der Waals surface area contributed by atoms with Gasteiger partial charge in [-0.2, -0.15) is 0 Å². The number of likely N-dealkylation sites (tertiary alicyclic amines) is 1. The summed E-state index contributed by atoms with van der Waals surface area (Å²) in [6.07, 6.45) is 4.94. The fourth-order valence-corrected chi connectivity index (χ4v) is 9.11. The Morgan fingerprint density at radius 2 is 1.89 bits per heavy atom. The minimum absolute atomic E-state index is 0.0319. The molecule has 1 aromatic rings. The summed E-state index contributed by atoms with van der Waals surface area (Å²) in [4.78, 5) is 47.2. The molecule has 0 saturated carbocycles. The molecule has 0 radical (unpaired) electrons. The van der Waals surface area contributed by atoms with Crippen molar-refractivity contribution in [2.45, 2.75) is 42.7 Å². The molecule has 0 aromatic heterocycles. The van der Waals surface area contributed by atoms with Gasteiger partial charge in [-0.25, -0.2) is 0 Å². The smallest absolute Gasteiger partial charge is 0.251 e. The van der Waals surface area contributed by atoms with Gasteiger partial charge < -0.3 is 19.8 Å². The first kappa shape index (κ1) is 27.7. The summed E-state index contributed by atoms with van der Waals surface area (Å²) in [5, 5.41) is 10.4. The molecule has 1 spiro atoms. The summed E-state index contributed by atoms with van der Waals surface area (Å²) in [5.74, 6) is -1.54. The Labute approximate surface area is 228 Å². The second kappa shape index (κ2) is 11.2. The van der Waals surface area contributed by atoms with Gasteiger partial charge in [0.1, 0.15) is 6.04 Å². The van der Waals surface area contributed by atoms with Gasteiger partial charge >= 0.3 is 0 Å². The first-order valence-corrected chi connectivity index (χ1v) is 14.2. The molecule has 2 bridgehead atoms. The highest BCUT2D eigenvalue weighted by atomic mass is 35.5. The quantitative estimate of drug-likeness (QED) is 0.430. The molecule has 1 aromatic carbocycles. The largest absolute Gasteiger partial charge is 0.395 e. The number of aliphatic hydroxyl groups excluding tert-OH is 1. The molecule has 3 saturated heterocycles. The van der Waals surface area contributed by atoms with Gasteiger partial charge in [-0.3, -0.25) is 14.4 Å². The summed E-state index contributed by atoms with van der Waals surface area (Å²) in [6.45, 7) is 12.8. The third-order valence-corrected chi connectivity index (χ3v) is 10.3. The number of carbonyl (C=O) groups excluding carboxylic acids is 3. The number of amides is 3. The monoisotopic (exact) mass is 545 g/mol. The van der Waals surface area contributed by atoms with Gasteiger partial charge in [0.05, 0.1) is 23.2 Å². The van der Waals surface area contributed by atoms with Gasteiger partial charge in [0.15, 0.2) is 0 Å². The third-order valence-electron chi connectivity index (χ3n) is 7.98. The van der Waals surface area contributed by atoms with Crippen molar-refractivity contribution in [1.29, 1.82) is 0 Å². The summed E-state index contributed by atoms with van der Waals surface area (Å²) in [7, 11) is 0. The molecule has 3 heterocycles.